The van der Waals surface area contributed by atoms with E-state index >= 15 is 0 Å². The number of allylic oxidation sites excluding steroid dienone is 1. The van der Waals surface area contributed by atoms with Crippen molar-refractivity contribution in [2.45, 2.75) is 19.4 Å². The molecule has 2 N–H and O–H groups in total. The zero-order valence-electron chi connectivity index (χ0n) is 7.42. The zero-order valence-corrected chi connectivity index (χ0v) is 7.42. The van der Waals surface area contributed by atoms with Gasteiger partial charge in [-0.3, -0.25) is 4.79 Å². The Hall–Kier alpha value is -1.58. The Morgan fingerprint density at radius 1 is 1.77 bits per heavy atom. The number of aromatic nitrogens is 2. The van der Waals surface area contributed by atoms with Crippen molar-refractivity contribution < 1.29 is 4.79 Å². The molecule has 0 aliphatic rings. The third kappa shape index (κ3) is 3.55. The summed E-state index contributed by atoms with van der Waals surface area (Å²) in [7, 11) is 0. The van der Waals surface area contributed by atoms with Gasteiger partial charge in [0, 0.05) is 12.6 Å². The second-order valence-electron chi connectivity index (χ2n) is 2.68. The number of nitrogens with zero attached hydrogens (tertiary/aromatic N) is 1. The van der Waals surface area contributed by atoms with E-state index in [9.17, 15) is 4.79 Å². The Balaban J connectivity index is 2.19. The van der Waals surface area contributed by atoms with Crippen LogP contribution in [0.15, 0.2) is 25.2 Å². The molecule has 70 valence electrons. The zero-order chi connectivity index (χ0) is 9.52. The summed E-state index contributed by atoms with van der Waals surface area (Å²) in [6.45, 7) is 4.06. The maximum absolute atomic E-state index is 11.1. The number of carbonyl (C=O) groups excluding carboxylic acids is 1. The molecule has 0 radical (unpaired) electrons. The van der Waals surface area contributed by atoms with Gasteiger partial charge in [0.25, 0.3) is 0 Å². The van der Waals surface area contributed by atoms with Crippen LogP contribution < -0.4 is 5.32 Å². The van der Waals surface area contributed by atoms with Gasteiger partial charge < -0.3 is 10.3 Å². The molecule has 0 fully saturated rings. The molecule has 0 aliphatic carbocycles. The summed E-state index contributed by atoms with van der Waals surface area (Å²) < 4.78 is 0. The van der Waals surface area contributed by atoms with Crippen LogP contribution in [0.4, 0.5) is 0 Å². The van der Waals surface area contributed by atoms with E-state index in [1.807, 2.05) is 0 Å². The van der Waals surface area contributed by atoms with Gasteiger partial charge in [-0.15, -0.1) is 6.58 Å². The van der Waals surface area contributed by atoms with Crippen LogP contribution >= 0.6 is 0 Å². The fraction of sp³-hybridized carbons (Fsp3) is 0.333. The van der Waals surface area contributed by atoms with Crippen molar-refractivity contribution in [3.63, 3.8) is 0 Å². The van der Waals surface area contributed by atoms with Crippen LogP contribution in [0.3, 0.4) is 0 Å². The largest absolute Gasteiger partial charge is 0.350 e. The molecule has 1 heterocycles. The first-order valence-electron chi connectivity index (χ1n) is 4.18. The SMILES string of the molecule is C=CCCC(=O)NCc1cnc[nH]1. The summed E-state index contributed by atoms with van der Waals surface area (Å²) in [5.74, 6) is 0.0366. The van der Waals surface area contributed by atoms with E-state index in [0.29, 0.717) is 13.0 Å². The number of H-pyrrole nitrogens is 1. The van der Waals surface area contributed by atoms with Gasteiger partial charge in [-0.2, -0.15) is 0 Å². The minimum Gasteiger partial charge on any atom is -0.350 e. The van der Waals surface area contributed by atoms with Crippen molar-refractivity contribution in [3.8, 4) is 0 Å². The van der Waals surface area contributed by atoms with Crippen molar-refractivity contribution in [2.24, 2.45) is 0 Å². The predicted molar refractivity (Wildman–Crippen MR) is 49.9 cm³/mol. The number of imidazole rings is 1. The smallest absolute Gasteiger partial charge is 0.220 e. The van der Waals surface area contributed by atoms with Gasteiger partial charge in [-0.1, -0.05) is 6.08 Å². The number of amides is 1. The summed E-state index contributed by atoms with van der Waals surface area (Å²) in [6, 6.07) is 0. The quantitative estimate of drug-likeness (QED) is 0.662. The molecule has 4 nitrogen and oxygen atoms in total. The Morgan fingerprint density at radius 3 is 3.23 bits per heavy atom. The molecule has 13 heavy (non-hydrogen) atoms. The lowest BCUT2D eigenvalue weighted by Crippen LogP contribution is -2.22. The van der Waals surface area contributed by atoms with E-state index in [4.69, 9.17) is 0 Å². The summed E-state index contributed by atoms with van der Waals surface area (Å²) in [5, 5.41) is 2.76. The summed E-state index contributed by atoms with van der Waals surface area (Å²) in [5.41, 5.74) is 0.909. The van der Waals surface area contributed by atoms with Gasteiger partial charge in [0.05, 0.1) is 18.6 Å². The van der Waals surface area contributed by atoms with Crippen LogP contribution in [0.2, 0.25) is 0 Å². The number of nitrogens with one attached hydrogen (secondary N) is 2. The molecule has 1 aromatic rings. The number of rotatable bonds is 5. The van der Waals surface area contributed by atoms with Crippen LogP contribution in [-0.4, -0.2) is 15.9 Å². The monoisotopic (exact) mass is 179 g/mol. The van der Waals surface area contributed by atoms with Crippen LogP contribution in [0, 0.1) is 0 Å². The van der Waals surface area contributed by atoms with E-state index < -0.39 is 0 Å². The average molecular weight is 179 g/mol. The number of aromatic amines is 1. The standard InChI is InChI=1S/C9H13N3O/c1-2-3-4-9(13)11-6-8-5-10-7-12-8/h2,5,7H,1,3-4,6H2,(H,10,12)(H,11,13). The van der Waals surface area contributed by atoms with E-state index in [1.54, 1.807) is 18.6 Å². The van der Waals surface area contributed by atoms with Crippen molar-refractivity contribution in [2.75, 3.05) is 0 Å². The lowest BCUT2D eigenvalue weighted by atomic mass is 10.3. The van der Waals surface area contributed by atoms with Gasteiger partial charge in [0.1, 0.15) is 0 Å². The van der Waals surface area contributed by atoms with Crippen LogP contribution in [-0.2, 0) is 11.3 Å². The first-order chi connectivity index (χ1) is 6.33. The molecule has 0 aliphatic heterocycles. The number of hydrogen-bond acceptors (Lipinski definition) is 2. The highest BCUT2D eigenvalue weighted by atomic mass is 16.1. The van der Waals surface area contributed by atoms with Crippen molar-refractivity contribution in [1.29, 1.82) is 0 Å². The lowest BCUT2D eigenvalue weighted by molar-refractivity contribution is -0.121. The first-order valence-corrected chi connectivity index (χ1v) is 4.18. The third-order valence-electron chi connectivity index (χ3n) is 1.61. The molecule has 1 aromatic heterocycles. The van der Waals surface area contributed by atoms with Gasteiger partial charge >= 0.3 is 0 Å². The Morgan fingerprint density at radius 2 is 2.62 bits per heavy atom. The topological polar surface area (TPSA) is 57.8 Å². The Kier molecular flexibility index (Phi) is 3.75. The molecular formula is C9H13N3O. The summed E-state index contributed by atoms with van der Waals surface area (Å²) >= 11 is 0. The molecule has 1 rings (SSSR count). The molecule has 4 heteroatoms. The fourth-order valence-electron chi connectivity index (χ4n) is 0.897. The van der Waals surface area contributed by atoms with Gasteiger partial charge in [-0.05, 0) is 6.42 Å². The summed E-state index contributed by atoms with van der Waals surface area (Å²) in [4.78, 5) is 17.8. The Bertz CT molecular complexity index is 266. The highest BCUT2D eigenvalue weighted by Gasteiger charge is 1.99. The molecule has 0 atom stereocenters. The molecule has 0 bridgehead atoms. The maximum Gasteiger partial charge on any atom is 0.220 e. The maximum atomic E-state index is 11.1. The van der Waals surface area contributed by atoms with E-state index in [1.165, 1.54) is 0 Å². The highest BCUT2D eigenvalue weighted by molar-refractivity contribution is 5.75. The molecule has 0 saturated heterocycles. The number of hydrogen-bond donors (Lipinski definition) is 2. The molecule has 0 spiro atoms. The third-order valence-corrected chi connectivity index (χ3v) is 1.61. The van der Waals surface area contributed by atoms with Gasteiger partial charge in [-0.25, -0.2) is 4.98 Å². The average Bonchev–Trinajstić information content (AvgIpc) is 2.64. The van der Waals surface area contributed by atoms with Crippen LogP contribution in [0.25, 0.3) is 0 Å². The normalized spacial score (nSPS) is 9.54. The second kappa shape index (κ2) is 5.13. The summed E-state index contributed by atoms with van der Waals surface area (Å²) in [6.07, 6.45) is 6.22. The van der Waals surface area contributed by atoms with Crippen LogP contribution in [0.1, 0.15) is 18.5 Å². The van der Waals surface area contributed by atoms with E-state index in [-0.39, 0.29) is 5.91 Å². The second-order valence-corrected chi connectivity index (χ2v) is 2.68. The van der Waals surface area contributed by atoms with Crippen LogP contribution in [0.5, 0.6) is 0 Å². The van der Waals surface area contributed by atoms with Gasteiger partial charge in [0.15, 0.2) is 0 Å². The number of carbonyl (C=O) groups is 1. The Labute approximate surface area is 77.1 Å². The fourth-order valence-corrected chi connectivity index (χ4v) is 0.897. The van der Waals surface area contributed by atoms with Crippen molar-refractivity contribution in [1.82, 2.24) is 15.3 Å². The molecule has 1 amide bonds. The first kappa shape index (κ1) is 9.51. The van der Waals surface area contributed by atoms with Crippen molar-refractivity contribution in [3.05, 3.63) is 30.9 Å². The van der Waals surface area contributed by atoms with Crippen molar-refractivity contribution >= 4 is 5.91 Å². The lowest BCUT2D eigenvalue weighted by Gasteiger charge is -2.00. The molecule has 0 unspecified atom stereocenters. The minimum atomic E-state index is 0.0366. The molecular weight excluding hydrogens is 166 g/mol. The highest BCUT2D eigenvalue weighted by Crippen LogP contribution is 1.92. The minimum absolute atomic E-state index is 0.0366. The molecule has 0 saturated carbocycles. The predicted octanol–water partition coefficient (Wildman–Crippen LogP) is 0.992. The molecule has 0 aromatic carbocycles. The van der Waals surface area contributed by atoms with E-state index in [0.717, 1.165) is 12.1 Å². The van der Waals surface area contributed by atoms with Gasteiger partial charge in [0.2, 0.25) is 5.91 Å². The van der Waals surface area contributed by atoms with E-state index in [2.05, 4.69) is 21.9 Å².